The average molecular weight is 340 g/mol. The highest BCUT2D eigenvalue weighted by Crippen LogP contribution is 2.33. The van der Waals surface area contributed by atoms with Crippen molar-refractivity contribution in [1.29, 1.82) is 0 Å². The molecule has 1 aliphatic rings. The third-order valence-electron chi connectivity index (χ3n) is 4.56. The van der Waals surface area contributed by atoms with E-state index >= 15 is 0 Å². The first kappa shape index (κ1) is 17.4. The summed E-state index contributed by atoms with van der Waals surface area (Å²) in [5.41, 5.74) is 1.25. The van der Waals surface area contributed by atoms with Crippen molar-refractivity contribution in [3.05, 3.63) is 70.1 Å². The summed E-state index contributed by atoms with van der Waals surface area (Å²) in [6, 6.07) is 12.9. The molecule has 1 fully saturated rings. The number of carbonyl (C=O) groups excluding carboxylic acids is 1. The van der Waals surface area contributed by atoms with Gasteiger partial charge in [0, 0.05) is 18.8 Å². The highest BCUT2D eigenvalue weighted by atomic mass is 16.5. The lowest BCUT2D eigenvalue weighted by molar-refractivity contribution is -0.119. The molecule has 1 saturated heterocycles. The van der Waals surface area contributed by atoms with Crippen LogP contribution in [0.5, 0.6) is 0 Å². The van der Waals surface area contributed by atoms with E-state index in [-0.39, 0.29) is 29.1 Å². The van der Waals surface area contributed by atoms with E-state index in [0.29, 0.717) is 18.7 Å². The maximum Gasteiger partial charge on any atom is 0.255 e. The Balaban J connectivity index is 1.88. The van der Waals surface area contributed by atoms with Gasteiger partial charge in [-0.05, 0) is 17.0 Å². The summed E-state index contributed by atoms with van der Waals surface area (Å²) in [7, 11) is 0. The number of nitrogens with one attached hydrogen (secondary N) is 1. The molecule has 3 rings (SSSR count). The van der Waals surface area contributed by atoms with Crippen LogP contribution in [0.1, 0.15) is 42.8 Å². The fraction of sp³-hybridized carbons (Fsp3) is 0.400. The first-order valence-corrected chi connectivity index (χ1v) is 8.53. The predicted molar refractivity (Wildman–Crippen MR) is 96.5 cm³/mol. The number of aromatic amines is 1. The maximum absolute atomic E-state index is 12.9. The second-order valence-electron chi connectivity index (χ2n) is 7.54. The Labute approximate surface area is 147 Å². The molecule has 0 radical (unpaired) electrons. The normalized spacial score (nSPS) is 21.2. The van der Waals surface area contributed by atoms with E-state index in [1.54, 1.807) is 6.07 Å². The van der Waals surface area contributed by atoms with Crippen molar-refractivity contribution < 1.29 is 9.53 Å². The summed E-state index contributed by atoms with van der Waals surface area (Å²) < 4.78 is 6.32. The van der Waals surface area contributed by atoms with Crippen LogP contribution < -0.4 is 5.56 Å². The Morgan fingerprint density at radius 1 is 1.12 bits per heavy atom. The van der Waals surface area contributed by atoms with Gasteiger partial charge in [-0.3, -0.25) is 9.59 Å². The van der Waals surface area contributed by atoms with Crippen LogP contribution in [-0.2, 0) is 4.74 Å². The van der Waals surface area contributed by atoms with Crippen molar-refractivity contribution in [1.82, 2.24) is 9.88 Å². The minimum Gasteiger partial charge on any atom is -0.366 e. The molecule has 0 saturated carbocycles. The largest absolute Gasteiger partial charge is 0.366 e. The Kier molecular flexibility index (Phi) is 4.77. The lowest BCUT2D eigenvalue weighted by Crippen LogP contribution is -2.51. The molecular formula is C20H24N2O3. The Bertz CT molecular complexity index is 772. The van der Waals surface area contributed by atoms with Crippen molar-refractivity contribution in [3.63, 3.8) is 0 Å². The summed E-state index contributed by atoms with van der Waals surface area (Å²) in [6.45, 7) is 7.38. The van der Waals surface area contributed by atoms with Crippen LogP contribution in [-0.4, -0.2) is 35.0 Å². The third kappa shape index (κ3) is 3.99. The highest BCUT2D eigenvalue weighted by molar-refractivity contribution is 5.94. The van der Waals surface area contributed by atoms with Crippen LogP contribution in [0.25, 0.3) is 0 Å². The fourth-order valence-electron chi connectivity index (χ4n) is 2.98. The van der Waals surface area contributed by atoms with Gasteiger partial charge in [-0.25, -0.2) is 0 Å². The molecular weight excluding hydrogens is 316 g/mol. The number of hydrogen-bond acceptors (Lipinski definition) is 3. The molecule has 5 nitrogen and oxygen atoms in total. The van der Waals surface area contributed by atoms with Crippen molar-refractivity contribution in [2.24, 2.45) is 5.41 Å². The molecule has 1 N–H and O–H groups in total. The van der Waals surface area contributed by atoms with E-state index in [1.807, 2.05) is 35.2 Å². The number of pyridine rings is 1. The zero-order valence-corrected chi connectivity index (χ0v) is 14.9. The standard InChI is InChI=1S/C20H24N2O3/c1-20(2,3)17-13-22(19(24)15-9-10-18(23)21-11-15)12-16(25-17)14-7-5-4-6-8-14/h4-11,16-17H,12-13H2,1-3H3,(H,21,23)/t16-,17+/m0/s1. The minimum absolute atomic E-state index is 0.0711. The number of morpholine rings is 1. The van der Waals surface area contributed by atoms with Crippen molar-refractivity contribution >= 4 is 5.91 Å². The Morgan fingerprint density at radius 2 is 1.84 bits per heavy atom. The summed E-state index contributed by atoms with van der Waals surface area (Å²) in [4.78, 5) is 28.5. The fourth-order valence-corrected chi connectivity index (χ4v) is 2.98. The van der Waals surface area contributed by atoms with Gasteiger partial charge in [0.25, 0.3) is 5.91 Å². The first-order valence-electron chi connectivity index (χ1n) is 8.53. The summed E-state index contributed by atoms with van der Waals surface area (Å²) in [5.74, 6) is -0.0882. The van der Waals surface area contributed by atoms with Gasteiger partial charge < -0.3 is 14.6 Å². The Morgan fingerprint density at radius 3 is 2.44 bits per heavy atom. The van der Waals surface area contributed by atoms with Crippen LogP contribution in [0.3, 0.4) is 0 Å². The van der Waals surface area contributed by atoms with Gasteiger partial charge in [0.1, 0.15) is 6.10 Å². The molecule has 1 aromatic heterocycles. The van der Waals surface area contributed by atoms with Crippen LogP contribution in [0.2, 0.25) is 0 Å². The first-order chi connectivity index (χ1) is 11.8. The molecule has 0 unspecified atom stereocenters. The third-order valence-corrected chi connectivity index (χ3v) is 4.56. The van der Waals surface area contributed by atoms with E-state index in [0.717, 1.165) is 5.56 Å². The molecule has 0 bridgehead atoms. The predicted octanol–water partition coefficient (Wildman–Crippen LogP) is 3.00. The van der Waals surface area contributed by atoms with E-state index in [9.17, 15) is 9.59 Å². The second kappa shape index (κ2) is 6.84. The number of rotatable bonds is 2. The minimum atomic E-state index is -0.215. The molecule has 132 valence electrons. The number of H-pyrrole nitrogens is 1. The number of nitrogens with zero attached hydrogens (tertiary/aromatic N) is 1. The molecule has 5 heteroatoms. The number of carbonyl (C=O) groups is 1. The van der Waals surface area contributed by atoms with E-state index in [1.165, 1.54) is 12.3 Å². The summed E-state index contributed by atoms with van der Waals surface area (Å²) >= 11 is 0. The highest BCUT2D eigenvalue weighted by Gasteiger charge is 2.37. The number of hydrogen-bond donors (Lipinski definition) is 1. The zero-order valence-electron chi connectivity index (χ0n) is 14.9. The van der Waals surface area contributed by atoms with E-state index in [2.05, 4.69) is 25.8 Å². The van der Waals surface area contributed by atoms with Gasteiger partial charge in [0.15, 0.2) is 0 Å². The molecule has 0 spiro atoms. The van der Waals surface area contributed by atoms with Gasteiger partial charge >= 0.3 is 0 Å². The SMILES string of the molecule is CC(C)(C)[C@H]1CN(C(=O)c2ccc(=O)[nH]c2)C[C@@H](c2ccccc2)O1. The lowest BCUT2D eigenvalue weighted by atomic mass is 9.87. The number of aromatic nitrogens is 1. The van der Waals surface area contributed by atoms with Crippen LogP contribution in [0, 0.1) is 5.41 Å². The molecule has 0 aliphatic carbocycles. The number of amides is 1. The Hall–Kier alpha value is -2.40. The van der Waals surface area contributed by atoms with Crippen LogP contribution >= 0.6 is 0 Å². The smallest absolute Gasteiger partial charge is 0.255 e. The summed E-state index contributed by atoms with van der Waals surface area (Å²) in [6.07, 6.45) is 1.24. The molecule has 1 amide bonds. The van der Waals surface area contributed by atoms with Gasteiger partial charge in [0.2, 0.25) is 5.56 Å². The quantitative estimate of drug-likeness (QED) is 0.914. The number of benzene rings is 1. The molecule has 1 aromatic carbocycles. The van der Waals surface area contributed by atoms with Crippen molar-refractivity contribution in [2.45, 2.75) is 33.0 Å². The number of ether oxygens (including phenoxy) is 1. The second-order valence-corrected chi connectivity index (χ2v) is 7.54. The molecule has 2 heterocycles. The van der Waals surface area contributed by atoms with Crippen LogP contribution in [0.15, 0.2) is 53.5 Å². The van der Waals surface area contributed by atoms with Gasteiger partial charge in [-0.2, -0.15) is 0 Å². The monoisotopic (exact) mass is 340 g/mol. The molecule has 1 aliphatic heterocycles. The van der Waals surface area contributed by atoms with Gasteiger partial charge in [-0.1, -0.05) is 51.1 Å². The molecule has 2 atom stereocenters. The van der Waals surface area contributed by atoms with Crippen LogP contribution in [0.4, 0.5) is 0 Å². The van der Waals surface area contributed by atoms with E-state index in [4.69, 9.17) is 4.74 Å². The van der Waals surface area contributed by atoms with E-state index < -0.39 is 0 Å². The zero-order chi connectivity index (χ0) is 18.0. The topological polar surface area (TPSA) is 62.4 Å². The maximum atomic E-state index is 12.9. The van der Waals surface area contributed by atoms with Gasteiger partial charge in [-0.15, -0.1) is 0 Å². The average Bonchev–Trinajstić information content (AvgIpc) is 2.61. The molecule has 2 aromatic rings. The van der Waals surface area contributed by atoms with Gasteiger partial charge in [0.05, 0.1) is 18.2 Å². The molecule has 25 heavy (non-hydrogen) atoms. The van der Waals surface area contributed by atoms with Crippen molar-refractivity contribution in [3.8, 4) is 0 Å². The van der Waals surface area contributed by atoms with Crippen molar-refractivity contribution in [2.75, 3.05) is 13.1 Å². The summed E-state index contributed by atoms with van der Waals surface area (Å²) in [5, 5.41) is 0. The lowest BCUT2D eigenvalue weighted by Gasteiger charge is -2.43.